The highest BCUT2D eigenvalue weighted by Crippen LogP contribution is 2.25. The lowest BCUT2D eigenvalue weighted by Gasteiger charge is -2.10. The van der Waals surface area contributed by atoms with Gasteiger partial charge in [0.05, 0.1) is 7.11 Å². The minimum absolute atomic E-state index is 0.0764. The van der Waals surface area contributed by atoms with E-state index in [2.05, 4.69) is 38.4 Å². The first-order valence-corrected chi connectivity index (χ1v) is 9.74. The van der Waals surface area contributed by atoms with E-state index in [1.54, 1.807) is 7.11 Å². The number of nitrogen functional groups attached to an aromatic ring is 1. The normalized spacial score (nSPS) is 12.4. The molecule has 0 atom stereocenters. The van der Waals surface area contributed by atoms with Crippen molar-refractivity contribution in [3.63, 3.8) is 0 Å². The summed E-state index contributed by atoms with van der Waals surface area (Å²) in [6, 6.07) is 7.38. The predicted molar refractivity (Wildman–Crippen MR) is 117 cm³/mol. The maximum Gasteiger partial charge on any atom is 0.245 e. The molecule has 0 spiro atoms. The molecule has 0 aliphatic carbocycles. The number of likely N-dealkylation sites (tertiary alicyclic amines) is 1. The zero-order valence-electron chi connectivity index (χ0n) is 17.3. The van der Waals surface area contributed by atoms with Crippen molar-refractivity contribution in [2.24, 2.45) is 0 Å². The minimum atomic E-state index is 0.0764. The molecule has 1 amide bonds. The fraction of sp³-hybridized carbons (Fsp3) is 0.273. The molecule has 3 heterocycles. The lowest BCUT2D eigenvalue weighted by molar-refractivity contribution is -0.124. The SMILES string of the molecule is C=CC(=O)N1CCCC1.COc1ccccc1OCC#Cc1nc2ncnc(N)c2[nH]1. The second kappa shape index (κ2) is 10.6. The Balaban J connectivity index is 0.000000254. The molecule has 0 saturated carbocycles. The average molecular weight is 420 g/mol. The number of H-pyrrole nitrogens is 1. The predicted octanol–water partition coefficient (Wildman–Crippen LogP) is 2.17. The second-order valence-electron chi connectivity index (χ2n) is 6.52. The molecule has 1 aliphatic heterocycles. The van der Waals surface area contributed by atoms with Gasteiger partial charge < -0.3 is 25.1 Å². The molecule has 1 fully saturated rings. The van der Waals surface area contributed by atoms with Crippen molar-refractivity contribution in [1.82, 2.24) is 24.8 Å². The summed E-state index contributed by atoms with van der Waals surface area (Å²) in [5.41, 5.74) is 6.79. The lowest BCUT2D eigenvalue weighted by atomic mass is 10.3. The quantitative estimate of drug-likeness (QED) is 0.490. The number of nitrogens with two attached hydrogens (primary N) is 1. The topological polar surface area (TPSA) is 119 Å². The zero-order chi connectivity index (χ0) is 22.1. The number of aromatic amines is 1. The standard InChI is InChI=1S/C15H13N5O2.C7H11NO/c1-21-10-5-2-3-6-11(10)22-8-4-7-12-19-13-14(16)17-9-18-15(13)20-12;1-2-7(9)8-5-3-4-6-8/h2-3,5-6,9H,8H2,1H3,(H3,16,17,18,19,20);2H,1,3-6H2. The van der Waals surface area contributed by atoms with Crippen LogP contribution in [0.3, 0.4) is 0 Å². The summed E-state index contributed by atoms with van der Waals surface area (Å²) in [5.74, 6) is 7.92. The van der Waals surface area contributed by atoms with Gasteiger partial charge >= 0.3 is 0 Å². The molecule has 0 bridgehead atoms. The third-order valence-electron chi connectivity index (χ3n) is 4.49. The van der Waals surface area contributed by atoms with E-state index in [1.807, 2.05) is 29.2 Å². The Labute approximate surface area is 180 Å². The largest absolute Gasteiger partial charge is 0.493 e. The molecular formula is C22H24N6O3. The van der Waals surface area contributed by atoms with Crippen LogP contribution in [-0.4, -0.2) is 57.5 Å². The average Bonchev–Trinajstić information content (AvgIpc) is 3.48. The van der Waals surface area contributed by atoms with E-state index >= 15 is 0 Å². The minimum Gasteiger partial charge on any atom is -0.493 e. The highest BCUT2D eigenvalue weighted by atomic mass is 16.5. The van der Waals surface area contributed by atoms with Crippen LogP contribution in [-0.2, 0) is 4.79 Å². The molecular weight excluding hydrogens is 396 g/mol. The first-order valence-electron chi connectivity index (χ1n) is 9.74. The number of anilines is 1. The summed E-state index contributed by atoms with van der Waals surface area (Å²) in [7, 11) is 1.59. The first-order chi connectivity index (χ1) is 15.1. The summed E-state index contributed by atoms with van der Waals surface area (Å²) < 4.78 is 10.7. The number of nitrogens with zero attached hydrogens (tertiary/aromatic N) is 4. The fourth-order valence-electron chi connectivity index (χ4n) is 2.94. The molecule has 0 unspecified atom stereocenters. The van der Waals surface area contributed by atoms with Gasteiger partial charge in [0.25, 0.3) is 0 Å². The molecule has 2 aromatic heterocycles. The molecule has 1 saturated heterocycles. The number of imidazole rings is 1. The number of ether oxygens (including phenoxy) is 2. The molecule has 1 aromatic carbocycles. The van der Waals surface area contributed by atoms with E-state index < -0.39 is 0 Å². The van der Waals surface area contributed by atoms with E-state index in [9.17, 15) is 4.79 Å². The number of aromatic nitrogens is 4. The molecule has 9 heteroatoms. The third kappa shape index (κ3) is 5.73. The van der Waals surface area contributed by atoms with E-state index in [4.69, 9.17) is 15.2 Å². The summed E-state index contributed by atoms with van der Waals surface area (Å²) in [5, 5.41) is 0. The van der Waals surface area contributed by atoms with Crippen LogP contribution < -0.4 is 15.2 Å². The van der Waals surface area contributed by atoms with Gasteiger partial charge in [-0.1, -0.05) is 24.6 Å². The maximum atomic E-state index is 10.8. The van der Waals surface area contributed by atoms with Gasteiger partial charge in [-0.25, -0.2) is 15.0 Å². The second-order valence-corrected chi connectivity index (χ2v) is 6.52. The maximum absolute atomic E-state index is 10.8. The van der Waals surface area contributed by atoms with Crippen LogP contribution in [0.2, 0.25) is 0 Å². The number of benzene rings is 1. The number of carbonyl (C=O) groups is 1. The number of para-hydroxylation sites is 2. The zero-order valence-corrected chi connectivity index (χ0v) is 17.3. The van der Waals surface area contributed by atoms with Gasteiger partial charge in [-0.3, -0.25) is 4.79 Å². The van der Waals surface area contributed by atoms with Gasteiger partial charge in [0.2, 0.25) is 5.91 Å². The molecule has 3 aromatic rings. The molecule has 1 aliphatic rings. The highest BCUT2D eigenvalue weighted by molar-refractivity contribution is 5.87. The van der Waals surface area contributed by atoms with Crippen molar-refractivity contribution in [2.75, 3.05) is 32.5 Å². The van der Waals surface area contributed by atoms with E-state index in [0.717, 1.165) is 25.9 Å². The van der Waals surface area contributed by atoms with Crippen molar-refractivity contribution in [1.29, 1.82) is 0 Å². The first kappa shape index (κ1) is 21.6. The van der Waals surface area contributed by atoms with Crippen molar-refractivity contribution in [3.8, 4) is 23.3 Å². The van der Waals surface area contributed by atoms with Crippen LogP contribution in [0.5, 0.6) is 11.5 Å². The van der Waals surface area contributed by atoms with Crippen molar-refractivity contribution >= 4 is 22.9 Å². The molecule has 160 valence electrons. The monoisotopic (exact) mass is 420 g/mol. The van der Waals surface area contributed by atoms with Crippen LogP contribution in [0.25, 0.3) is 11.2 Å². The van der Waals surface area contributed by atoms with Crippen molar-refractivity contribution in [2.45, 2.75) is 12.8 Å². The Bertz CT molecular complexity index is 1110. The number of fused-ring (bicyclic) bond motifs is 1. The number of methoxy groups -OCH3 is 1. The molecule has 9 nitrogen and oxygen atoms in total. The van der Waals surface area contributed by atoms with E-state index in [1.165, 1.54) is 12.4 Å². The Morgan fingerprint density at radius 1 is 1.29 bits per heavy atom. The van der Waals surface area contributed by atoms with Crippen molar-refractivity contribution in [3.05, 3.63) is 49.1 Å². The molecule has 3 N–H and O–H groups in total. The number of hydrogen-bond acceptors (Lipinski definition) is 7. The van der Waals surface area contributed by atoms with Gasteiger partial charge in [0, 0.05) is 13.1 Å². The van der Waals surface area contributed by atoms with Crippen LogP contribution in [0, 0.1) is 11.8 Å². The number of amides is 1. The van der Waals surface area contributed by atoms with Gasteiger partial charge in [0.15, 0.2) is 28.8 Å². The molecule has 31 heavy (non-hydrogen) atoms. The smallest absolute Gasteiger partial charge is 0.245 e. The highest BCUT2D eigenvalue weighted by Gasteiger charge is 2.14. The van der Waals surface area contributed by atoms with E-state index in [-0.39, 0.29) is 12.5 Å². The Hall–Kier alpha value is -4.06. The van der Waals surface area contributed by atoms with Gasteiger partial charge in [-0.15, -0.1) is 0 Å². The van der Waals surface area contributed by atoms with Gasteiger partial charge in [-0.2, -0.15) is 0 Å². The number of rotatable bonds is 4. The molecule has 4 rings (SSSR count). The van der Waals surface area contributed by atoms with Crippen LogP contribution in [0.1, 0.15) is 18.7 Å². The Kier molecular flexibility index (Phi) is 7.43. The van der Waals surface area contributed by atoms with Crippen LogP contribution >= 0.6 is 0 Å². The fourth-order valence-corrected chi connectivity index (χ4v) is 2.94. The third-order valence-corrected chi connectivity index (χ3v) is 4.49. The van der Waals surface area contributed by atoms with Crippen LogP contribution in [0.15, 0.2) is 43.2 Å². The van der Waals surface area contributed by atoms with Gasteiger partial charge in [-0.05, 0) is 37.0 Å². The number of nitrogens with one attached hydrogen (secondary N) is 1. The van der Waals surface area contributed by atoms with E-state index in [0.29, 0.717) is 34.3 Å². The van der Waals surface area contributed by atoms with Crippen molar-refractivity contribution < 1.29 is 14.3 Å². The summed E-state index contributed by atoms with van der Waals surface area (Å²) in [6.45, 7) is 5.46. The molecule has 0 radical (unpaired) electrons. The van der Waals surface area contributed by atoms with Crippen LogP contribution in [0.4, 0.5) is 5.82 Å². The summed E-state index contributed by atoms with van der Waals surface area (Å²) in [6.07, 6.45) is 5.05. The number of hydrogen-bond donors (Lipinski definition) is 2. The summed E-state index contributed by atoms with van der Waals surface area (Å²) in [4.78, 5) is 27.7. The Morgan fingerprint density at radius 3 is 2.71 bits per heavy atom. The lowest BCUT2D eigenvalue weighted by Crippen LogP contribution is -2.25. The Morgan fingerprint density at radius 2 is 2.03 bits per heavy atom. The number of carbonyl (C=O) groups excluding carboxylic acids is 1. The van der Waals surface area contributed by atoms with Gasteiger partial charge in [0.1, 0.15) is 18.5 Å². The summed E-state index contributed by atoms with van der Waals surface area (Å²) >= 11 is 0.